The lowest BCUT2D eigenvalue weighted by Crippen LogP contribution is -3.14. The predicted octanol–water partition coefficient (Wildman–Crippen LogP) is 1.06. The molecule has 2 aliphatic rings. The Bertz CT molecular complexity index is 543. The molecule has 2 fully saturated rings. The molecule has 0 saturated carbocycles. The minimum Gasteiger partial charge on any atom is -0.376 e. The van der Waals surface area contributed by atoms with Gasteiger partial charge in [-0.2, -0.15) is 0 Å². The molecule has 1 aromatic carbocycles. The van der Waals surface area contributed by atoms with Gasteiger partial charge in [-0.3, -0.25) is 0 Å². The molecule has 3 N–H and O–H groups in total. The van der Waals surface area contributed by atoms with Crippen molar-refractivity contribution in [2.75, 3.05) is 52.5 Å². The van der Waals surface area contributed by atoms with Gasteiger partial charge in [0, 0.05) is 19.4 Å². The Kier molecular flexibility index (Phi) is 7.71. The van der Waals surface area contributed by atoms with Crippen molar-refractivity contribution in [1.29, 1.82) is 0 Å². The summed E-state index contributed by atoms with van der Waals surface area (Å²) in [5, 5.41) is 2.55. The molecule has 27 heavy (non-hydrogen) atoms. The van der Waals surface area contributed by atoms with E-state index in [0.717, 1.165) is 19.8 Å². The number of hydrogen-bond acceptors (Lipinski definition) is 2. The molecule has 4 heteroatoms. The lowest BCUT2D eigenvalue weighted by Gasteiger charge is -2.45. The summed E-state index contributed by atoms with van der Waals surface area (Å²) >= 11 is 0. The number of benzene rings is 1. The van der Waals surface area contributed by atoms with E-state index >= 15 is 0 Å². The molecule has 0 bridgehead atoms. The molecule has 0 amide bonds. The van der Waals surface area contributed by atoms with Crippen molar-refractivity contribution in [1.82, 2.24) is 0 Å². The average Bonchev–Trinajstić information content (AvgIpc) is 2.65. The van der Waals surface area contributed by atoms with E-state index in [1.54, 1.807) is 4.90 Å². The van der Waals surface area contributed by atoms with Crippen molar-refractivity contribution in [3.05, 3.63) is 35.9 Å². The maximum absolute atomic E-state index is 6.05. The molecule has 2 heterocycles. The van der Waals surface area contributed by atoms with Crippen molar-refractivity contribution < 1.29 is 19.7 Å². The van der Waals surface area contributed by atoms with Gasteiger partial charge in [0.05, 0.1) is 38.4 Å². The molecule has 0 aliphatic carbocycles. The highest BCUT2D eigenvalue weighted by Gasteiger charge is 2.40. The zero-order valence-corrected chi connectivity index (χ0v) is 17.5. The number of nitrogens with one attached hydrogen (secondary N) is 1. The molecule has 1 atom stereocenters. The lowest BCUT2D eigenvalue weighted by atomic mass is 9.68. The molecule has 0 spiro atoms. The first kappa shape index (κ1) is 20.8. The number of ether oxygens (including phenoxy) is 2. The predicted molar refractivity (Wildman–Crippen MR) is 109 cm³/mol. The van der Waals surface area contributed by atoms with E-state index in [1.807, 2.05) is 0 Å². The molecular formula is C23H40N2O2+2. The van der Waals surface area contributed by atoms with Crippen LogP contribution < -0.4 is 10.2 Å². The van der Waals surface area contributed by atoms with Crippen molar-refractivity contribution in [3.8, 4) is 0 Å². The first-order valence-corrected chi connectivity index (χ1v) is 11.0. The number of rotatable bonds is 9. The number of morpholine rings is 1. The summed E-state index contributed by atoms with van der Waals surface area (Å²) in [5.41, 5.74) is 1.87. The van der Waals surface area contributed by atoms with Crippen LogP contribution in [-0.4, -0.2) is 58.1 Å². The van der Waals surface area contributed by atoms with E-state index < -0.39 is 0 Å². The number of nitrogens with two attached hydrogens (primary N) is 1. The summed E-state index contributed by atoms with van der Waals surface area (Å²) in [5.74, 6) is 0. The van der Waals surface area contributed by atoms with Crippen LogP contribution in [0.4, 0.5) is 0 Å². The van der Waals surface area contributed by atoms with Gasteiger partial charge in [0.2, 0.25) is 0 Å². The zero-order chi connectivity index (χ0) is 19.0. The van der Waals surface area contributed by atoms with E-state index in [0.29, 0.717) is 5.41 Å². The summed E-state index contributed by atoms with van der Waals surface area (Å²) in [7, 11) is 0. The van der Waals surface area contributed by atoms with Gasteiger partial charge in [0.25, 0.3) is 0 Å². The molecule has 152 valence electrons. The standard InChI is InChI=1S/C23H38N2O2/c1-22(2)20-23(10-16-27-22,19-21-7-4-3-5-8-21)9-12-24-11-6-13-25-14-17-26-18-15-25/h3-5,7-8,24H,6,9-20H2,1-2H3/p+2/t23-/m0/s1. The molecule has 2 saturated heterocycles. The fourth-order valence-electron chi connectivity index (χ4n) is 5.03. The van der Waals surface area contributed by atoms with Gasteiger partial charge >= 0.3 is 0 Å². The minimum atomic E-state index is 0.00667. The number of quaternary nitrogens is 2. The van der Waals surface area contributed by atoms with Crippen LogP contribution >= 0.6 is 0 Å². The summed E-state index contributed by atoms with van der Waals surface area (Å²) < 4.78 is 11.5. The highest BCUT2D eigenvalue weighted by atomic mass is 16.5. The summed E-state index contributed by atoms with van der Waals surface area (Å²) in [6.45, 7) is 13.5. The first-order valence-electron chi connectivity index (χ1n) is 11.0. The van der Waals surface area contributed by atoms with E-state index in [2.05, 4.69) is 49.5 Å². The number of hydrogen-bond donors (Lipinski definition) is 2. The third-order valence-corrected chi connectivity index (χ3v) is 6.37. The monoisotopic (exact) mass is 376 g/mol. The summed E-state index contributed by atoms with van der Waals surface area (Å²) in [4.78, 5) is 1.72. The van der Waals surface area contributed by atoms with Crippen LogP contribution in [0.1, 0.15) is 45.1 Å². The van der Waals surface area contributed by atoms with E-state index in [1.165, 1.54) is 70.4 Å². The van der Waals surface area contributed by atoms with Crippen molar-refractivity contribution in [2.45, 2.75) is 51.6 Å². The largest absolute Gasteiger partial charge is 0.376 e. The molecule has 2 aliphatic heterocycles. The van der Waals surface area contributed by atoms with Gasteiger partial charge in [0.15, 0.2) is 0 Å². The van der Waals surface area contributed by atoms with E-state index in [-0.39, 0.29) is 5.60 Å². The molecule has 3 rings (SSSR count). The summed E-state index contributed by atoms with van der Waals surface area (Å²) in [6.07, 6.45) is 6.15. The third kappa shape index (κ3) is 6.86. The van der Waals surface area contributed by atoms with Crippen molar-refractivity contribution in [2.24, 2.45) is 5.41 Å². The Morgan fingerprint density at radius 3 is 2.56 bits per heavy atom. The maximum Gasteiger partial charge on any atom is 0.101 e. The highest BCUT2D eigenvalue weighted by Crippen LogP contribution is 2.43. The highest BCUT2D eigenvalue weighted by molar-refractivity contribution is 5.17. The quantitative estimate of drug-likeness (QED) is 0.633. The molecular weight excluding hydrogens is 336 g/mol. The zero-order valence-electron chi connectivity index (χ0n) is 17.5. The Hall–Kier alpha value is -0.940. The van der Waals surface area contributed by atoms with Crippen molar-refractivity contribution >= 4 is 0 Å². The van der Waals surface area contributed by atoms with Crippen LogP contribution in [0.15, 0.2) is 30.3 Å². The third-order valence-electron chi connectivity index (χ3n) is 6.37. The fraction of sp³-hybridized carbons (Fsp3) is 0.739. The van der Waals surface area contributed by atoms with Crippen LogP contribution in [0.5, 0.6) is 0 Å². The molecule has 1 aromatic rings. The molecule has 0 radical (unpaired) electrons. The van der Waals surface area contributed by atoms with E-state index in [4.69, 9.17) is 9.47 Å². The topological polar surface area (TPSA) is 39.5 Å². The van der Waals surface area contributed by atoms with Crippen LogP contribution in [0.25, 0.3) is 0 Å². The molecule has 0 unspecified atom stereocenters. The van der Waals surface area contributed by atoms with E-state index in [9.17, 15) is 0 Å². The minimum absolute atomic E-state index is 0.00667. The van der Waals surface area contributed by atoms with Crippen LogP contribution in [0.2, 0.25) is 0 Å². The Balaban J connectivity index is 1.45. The van der Waals surface area contributed by atoms with Gasteiger partial charge in [-0.05, 0) is 44.1 Å². The first-order chi connectivity index (χ1) is 13.1. The lowest BCUT2D eigenvalue weighted by molar-refractivity contribution is -0.909. The van der Waals surface area contributed by atoms with Gasteiger partial charge in [-0.1, -0.05) is 30.3 Å². The second-order valence-corrected chi connectivity index (χ2v) is 9.28. The Morgan fingerprint density at radius 1 is 1.04 bits per heavy atom. The fourth-order valence-corrected chi connectivity index (χ4v) is 5.03. The van der Waals surface area contributed by atoms with Crippen LogP contribution in [-0.2, 0) is 15.9 Å². The Morgan fingerprint density at radius 2 is 1.81 bits per heavy atom. The van der Waals surface area contributed by atoms with Gasteiger partial charge in [-0.25, -0.2) is 0 Å². The van der Waals surface area contributed by atoms with Crippen LogP contribution in [0, 0.1) is 5.41 Å². The Labute approximate surface area is 165 Å². The average molecular weight is 377 g/mol. The normalized spacial score (nSPS) is 26.1. The summed E-state index contributed by atoms with van der Waals surface area (Å²) in [6, 6.07) is 11.0. The van der Waals surface area contributed by atoms with Gasteiger partial charge in [-0.15, -0.1) is 0 Å². The van der Waals surface area contributed by atoms with Crippen molar-refractivity contribution in [3.63, 3.8) is 0 Å². The maximum atomic E-state index is 6.05. The second-order valence-electron chi connectivity index (χ2n) is 9.28. The molecule has 4 nitrogen and oxygen atoms in total. The molecule has 0 aromatic heterocycles. The van der Waals surface area contributed by atoms with Gasteiger partial charge < -0.3 is 19.7 Å². The van der Waals surface area contributed by atoms with Crippen LogP contribution in [0.3, 0.4) is 0 Å². The second kappa shape index (κ2) is 10.0. The SMILES string of the molecule is CC1(C)C[C@](CC[NH2+]CCC[NH+]2CCOCC2)(Cc2ccccc2)CCO1. The van der Waals surface area contributed by atoms with Gasteiger partial charge in [0.1, 0.15) is 13.1 Å². The smallest absolute Gasteiger partial charge is 0.101 e.